The number of nitrogens with zero attached hydrogens (tertiary/aromatic N) is 2. The number of nitrogens with one attached hydrogen (secondary N) is 1. The molecule has 2 rings (SSSR count). The van der Waals surface area contributed by atoms with E-state index < -0.39 is 0 Å². The summed E-state index contributed by atoms with van der Waals surface area (Å²) in [6.07, 6.45) is 8.43. The summed E-state index contributed by atoms with van der Waals surface area (Å²) in [7, 11) is 2.22. The summed E-state index contributed by atoms with van der Waals surface area (Å²) in [5, 5.41) is 3.36. The van der Waals surface area contributed by atoms with E-state index in [9.17, 15) is 0 Å². The average Bonchev–Trinajstić information content (AvgIpc) is 2.44. The van der Waals surface area contributed by atoms with Crippen molar-refractivity contribution in [2.24, 2.45) is 5.92 Å². The van der Waals surface area contributed by atoms with Gasteiger partial charge in [-0.25, -0.2) is 4.98 Å². The van der Waals surface area contributed by atoms with Gasteiger partial charge in [-0.2, -0.15) is 0 Å². The maximum Gasteiger partial charge on any atom is 0.127 e. The minimum atomic E-state index is 0.685. The third kappa shape index (κ3) is 3.85. The molecule has 0 saturated heterocycles. The van der Waals surface area contributed by atoms with E-state index in [1.807, 2.05) is 6.20 Å². The molecule has 1 aromatic rings. The second-order valence-corrected chi connectivity index (χ2v) is 5.86. The fourth-order valence-corrected chi connectivity index (χ4v) is 2.95. The van der Waals surface area contributed by atoms with Gasteiger partial charge in [-0.1, -0.05) is 26.7 Å². The predicted octanol–water partition coefficient (Wildman–Crippen LogP) is 3.92. The van der Waals surface area contributed by atoms with Crippen LogP contribution in [0.2, 0.25) is 0 Å². The highest BCUT2D eigenvalue weighted by atomic mass is 15.1. The van der Waals surface area contributed by atoms with Crippen molar-refractivity contribution in [3.8, 4) is 0 Å². The number of hydrogen-bond donors (Lipinski definition) is 1. The molecular weight excluding hydrogens is 234 g/mol. The zero-order valence-electron chi connectivity index (χ0n) is 12.5. The molecule has 2 unspecified atom stereocenters. The van der Waals surface area contributed by atoms with E-state index in [-0.39, 0.29) is 0 Å². The molecule has 0 amide bonds. The molecule has 0 spiro atoms. The van der Waals surface area contributed by atoms with E-state index in [4.69, 9.17) is 0 Å². The van der Waals surface area contributed by atoms with E-state index in [2.05, 4.69) is 48.2 Å². The molecule has 0 radical (unpaired) electrons. The number of hydrogen-bond acceptors (Lipinski definition) is 3. The summed E-state index contributed by atoms with van der Waals surface area (Å²) in [5.74, 6) is 1.86. The topological polar surface area (TPSA) is 28.2 Å². The second-order valence-electron chi connectivity index (χ2n) is 5.86. The van der Waals surface area contributed by atoms with Crippen molar-refractivity contribution in [3.63, 3.8) is 0 Å². The first-order chi connectivity index (χ1) is 9.20. The Bertz CT molecular complexity index is 391. The van der Waals surface area contributed by atoms with Crippen molar-refractivity contribution in [3.05, 3.63) is 18.3 Å². The lowest BCUT2D eigenvalue weighted by Crippen LogP contribution is -2.35. The Morgan fingerprint density at radius 3 is 3.00 bits per heavy atom. The van der Waals surface area contributed by atoms with Crippen molar-refractivity contribution in [2.75, 3.05) is 23.8 Å². The molecule has 1 saturated carbocycles. The summed E-state index contributed by atoms with van der Waals surface area (Å²) < 4.78 is 0. The van der Waals surface area contributed by atoms with Crippen LogP contribution in [-0.2, 0) is 0 Å². The van der Waals surface area contributed by atoms with Crippen molar-refractivity contribution in [1.82, 2.24) is 4.98 Å². The first-order valence-electron chi connectivity index (χ1n) is 7.63. The molecule has 3 heteroatoms. The molecule has 1 fully saturated rings. The Balaban J connectivity index is 2.03. The number of anilines is 2. The van der Waals surface area contributed by atoms with E-state index in [0.29, 0.717) is 6.04 Å². The lowest BCUT2D eigenvalue weighted by Gasteiger charge is -2.35. The normalized spacial score (nSPS) is 23.1. The molecule has 0 aliphatic heterocycles. The molecular formula is C16H27N3. The van der Waals surface area contributed by atoms with Crippen LogP contribution in [-0.4, -0.2) is 24.6 Å². The minimum Gasteiger partial charge on any atom is -0.371 e. The SMILES string of the molecule is CCCNc1cc(N(C)C2CCCC(C)C2)ccn1. The van der Waals surface area contributed by atoms with Gasteiger partial charge in [-0.05, 0) is 31.2 Å². The smallest absolute Gasteiger partial charge is 0.127 e. The summed E-state index contributed by atoms with van der Waals surface area (Å²) in [4.78, 5) is 6.82. The molecule has 1 aliphatic rings. The van der Waals surface area contributed by atoms with Gasteiger partial charge in [0.25, 0.3) is 0 Å². The average molecular weight is 261 g/mol. The molecule has 0 aromatic carbocycles. The summed E-state index contributed by atoms with van der Waals surface area (Å²) in [6, 6.07) is 4.98. The van der Waals surface area contributed by atoms with E-state index >= 15 is 0 Å². The van der Waals surface area contributed by atoms with Crippen LogP contribution in [0.25, 0.3) is 0 Å². The monoisotopic (exact) mass is 261 g/mol. The zero-order chi connectivity index (χ0) is 13.7. The van der Waals surface area contributed by atoms with Gasteiger partial charge in [-0.15, -0.1) is 0 Å². The molecule has 1 N–H and O–H groups in total. The standard InChI is InChI=1S/C16H27N3/c1-4-9-17-16-12-15(8-10-18-16)19(3)14-7-5-6-13(2)11-14/h8,10,12-14H,4-7,9,11H2,1-3H3,(H,17,18). The number of pyridine rings is 1. The highest BCUT2D eigenvalue weighted by Crippen LogP contribution is 2.30. The summed E-state index contributed by atoms with van der Waals surface area (Å²) in [5.41, 5.74) is 1.28. The lowest BCUT2D eigenvalue weighted by molar-refractivity contribution is 0.336. The number of aromatic nitrogens is 1. The van der Waals surface area contributed by atoms with Crippen molar-refractivity contribution >= 4 is 11.5 Å². The van der Waals surface area contributed by atoms with Gasteiger partial charge in [0.05, 0.1) is 0 Å². The molecule has 0 bridgehead atoms. The van der Waals surface area contributed by atoms with Gasteiger partial charge in [0.1, 0.15) is 5.82 Å². The van der Waals surface area contributed by atoms with Crippen LogP contribution in [0.4, 0.5) is 11.5 Å². The van der Waals surface area contributed by atoms with Crippen LogP contribution in [0.1, 0.15) is 46.0 Å². The summed E-state index contributed by atoms with van der Waals surface area (Å²) in [6.45, 7) is 5.54. The Hall–Kier alpha value is -1.25. The number of rotatable bonds is 5. The summed E-state index contributed by atoms with van der Waals surface area (Å²) >= 11 is 0. The van der Waals surface area contributed by atoms with Crippen LogP contribution >= 0.6 is 0 Å². The molecule has 1 aliphatic carbocycles. The van der Waals surface area contributed by atoms with Crippen molar-refractivity contribution in [1.29, 1.82) is 0 Å². The third-order valence-corrected chi connectivity index (χ3v) is 4.16. The first kappa shape index (κ1) is 14.2. The van der Waals surface area contributed by atoms with E-state index in [1.165, 1.54) is 31.4 Å². The van der Waals surface area contributed by atoms with Gasteiger partial charge >= 0.3 is 0 Å². The quantitative estimate of drug-likeness (QED) is 0.870. The maximum atomic E-state index is 4.38. The van der Waals surface area contributed by atoms with Gasteiger partial charge in [0, 0.05) is 37.6 Å². The van der Waals surface area contributed by atoms with Crippen molar-refractivity contribution < 1.29 is 0 Å². The van der Waals surface area contributed by atoms with E-state index in [1.54, 1.807) is 0 Å². The molecule has 1 heterocycles. The van der Waals surface area contributed by atoms with Crippen LogP contribution in [0.15, 0.2) is 18.3 Å². The van der Waals surface area contributed by atoms with Gasteiger partial charge in [0.2, 0.25) is 0 Å². The molecule has 2 atom stereocenters. The van der Waals surface area contributed by atoms with Crippen LogP contribution in [0, 0.1) is 5.92 Å². The Morgan fingerprint density at radius 1 is 1.42 bits per heavy atom. The predicted molar refractivity (Wildman–Crippen MR) is 82.8 cm³/mol. The third-order valence-electron chi connectivity index (χ3n) is 4.16. The van der Waals surface area contributed by atoms with Crippen molar-refractivity contribution in [2.45, 2.75) is 52.0 Å². The minimum absolute atomic E-state index is 0.685. The van der Waals surface area contributed by atoms with Gasteiger partial charge in [0.15, 0.2) is 0 Å². The fourth-order valence-electron chi connectivity index (χ4n) is 2.95. The van der Waals surface area contributed by atoms with Gasteiger partial charge in [-0.3, -0.25) is 0 Å². The highest BCUT2D eigenvalue weighted by Gasteiger charge is 2.22. The second kappa shape index (κ2) is 6.78. The van der Waals surface area contributed by atoms with Gasteiger partial charge < -0.3 is 10.2 Å². The van der Waals surface area contributed by atoms with Crippen LogP contribution < -0.4 is 10.2 Å². The lowest BCUT2D eigenvalue weighted by atomic mass is 9.86. The Labute approximate surface area is 117 Å². The van der Waals surface area contributed by atoms with Crippen LogP contribution in [0.3, 0.4) is 0 Å². The first-order valence-corrected chi connectivity index (χ1v) is 7.63. The zero-order valence-corrected chi connectivity index (χ0v) is 12.5. The van der Waals surface area contributed by atoms with E-state index in [0.717, 1.165) is 24.7 Å². The molecule has 3 nitrogen and oxygen atoms in total. The Morgan fingerprint density at radius 2 is 2.26 bits per heavy atom. The maximum absolute atomic E-state index is 4.38. The largest absolute Gasteiger partial charge is 0.371 e. The van der Waals surface area contributed by atoms with Crippen LogP contribution in [0.5, 0.6) is 0 Å². The Kier molecular flexibility index (Phi) is 5.06. The fraction of sp³-hybridized carbons (Fsp3) is 0.688. The molecule has 106 valence electrons. The highest BCUT2D eigenvalue weighted by molar-refractivity contribution is 5.54. The molecule has 1 aromatic heterocycles. The molecule has 19 heavy (non-hydrogen) atoms.